The molecule has 3 amide bonds. The summed E-state index contributed by atoms with van der Waals surface area (Å²) in [6.45, 7) is -0.797. The predicted molar refractivity (Wildman–Crippen MR) is 118 cm³/mol. The summed E-state index contributed by atoms with van der Waals surface area (Å²) in [5, 5.41) is 13.9. The number of guanidine groups is 1. The first-order chi connectivity index (χ1) is 15.7. The van der Waals surface area contributed by atoms with Crippen molar-refractivity contribution in [3.05, 3.63) is 35.9 Å². The average molecular weight is 464 g/mol. The van der Waals surface area contributed by atoms with Gasteiger partial charge in [-0.15, -0.1) is 0 Å². The number of likely N-dealkylation sites (tertiary alicyclic amines) is 1. The van der Waals surface area contributed by atoms with Crippen molar-refractivity contribution in [1.82, 2.24) is 15.5 Å². The molecule has 0 saturated carbocycles. The third-order valence-corrected chi connectivity index (χ3v) is 5.27. The van der Waals surface area contributed by atoms with E-state index in [2.05, 4.69) is 15.6 Å². The van der Waals surface area contributed by atoms with Crippen LogP contribution in [0.25, 0.3) is 0 Å². The molecule has 1 aromatic rings. The highest BCUT2D eigenvalue weighted by Gasteiger charge is 2.39. The number of halogens is 1. The molecule has 2 unspecified atom stereocenters. The first-order valence-corrected chi connectivity index (χ1v) is 10.5. The third kappa shape index (κ3) is 7.44. The zero-order chi connectivity index (χ0) is 24.4. The molecule has 180 valence electrons. The van der Waals surface area contributed by atoms with Gasteiger partial charge in [-0.1, -0.05) is 30.3 Å². The molecular formula is C21H29FN6O5. The van der Waals surface area contributed by atoms with Gasteiger partial charge in [-0.2, -0.15) is 0 Å². The molecule has 11 nitrogen and oxygen atoms in total. The minimum atomic E-state index is -1.38. The number of benzene rings is 1. The van der Waals surface area contributed by atoms with Crippen molar-refractivity contribution in [3.8, 4) is 0 Å². The number of nitrogens with one attached hydrogen (secondary N) is 2. The van der Waals surface area contributed by atoms with E-state index in [-0.39, 0.29) is 25.5 Å². The van der Waals surface area contributed by atoms with Crippen LogP contribution in [0.3, 0.4) is 0 Å². The Labute approximate surface area is 190 Å². The van der Waals surface area contributed by atoms with Crippen molar-refractivity contribution < 1.29 is 28.7 Å². The quantitative estimate of drug-likeness (QED) is 0.174. The van der Waals surface area contributed by atoms with Gasteiger partial charge in [0, 0.05) is 13.1 Å². The van der Waals surface area contributed by atoms with Crippen molar-refractivity contribution >= 4 is 29.7 Å². The highest BCUT2D eigenvalue weighted by atomic mass is 19.1. The molecule has 7 N–H and O–H groups in total. The SMILES string of the molecule is NC(N)=NCCCC(NC(=O)[C@@H]1CCCN1C(=O)C(NC(=O)O)c1ccccc1)C(=O)CF. The normalized spacial score (nSPS) is 17.0. The molecule has 33 heavy (non-hydrogen) atoms. The van der Waals surface area contributed by atoms with E-state index in [1.165, 1.54) is 4.90 Å². The van der Waals surface area contributed by atoms with Crippen molar-refractivity contribution in [2.75, 3.05) is 19.8 Å². The number of carbonyl (C=O) groups is 4. The molecular weight excluding hydrogens is 435 g/mol. The van der Waals surface area contributed by atoms with Crippen molar-refractivity contribution in [2.24, 2.45) is 16.5 Å². The number of alkyl halides is 1. The molecule has 0 spiro atoms. The first kappa shape index (κ1) is 25.6. The second-order valence-electron chi connectivity index (χ2n) is 7.59. The number of hydrogen-bond donors (Lipinski definition) is 5. The summed E-state index contributed by atoms with van der Waals surface area (Å²) >= 11 is 0. The number of nitrogens with zero attached hydrogens (tertiary/aromatic N) is 2. The van der Waals surface area contributed by atoms with Gasteiger partial charge in [0.1, 0.15) is 18.8 Å². The number of rotatable bonds is 11. The number of amides is 3. The van der Waals surface area contributed by atoms with E-state index < -0.39 is 48.5 Å². The number of Topliss-reactive ketones (excluding diaryl/α,β-unsaturated/α-hetero) is 1. The Kier molecular flexibility index (Phi) is 9.58. The Morgan fingerprint density at radius 3 is 2.48 bits per heavy atom. The monoisotopic (exact) mass is 464 g/mol. The maximum atomic E-state index is 13.2. The molecule has 12 heteroatoms. The van der Waals surface area contributed by atoms with Gasteiger partial charge in [-0.25, -0.2) is 9.18 Å². The standard InChI is InChI=1S/C21H29FN6O5/c22-12-16(29)14(8-4-10-25-20(23)24)26-18(30)15-9-5-11-28(15)19(31)17(27-21(32)33)13-6-2-1-3-7-13/h1-3,6-7,14-15,17,27H,4-5,8-12H2,(H,26,30)(H,32,33)(H4,23,24,25)/t14?,15-,17?/m0/s1. The summed E-state index contributed by atoms with van der Waals surface area (Å²) in [5.41, 5.74) is 10.9. The summed E-state index contributed by atoms with van der Waals surface area (Å²) in [6.07, 6.45) is -0.0761. The highest BCUT2D eigenvalue weighted by Crippen LogP contribution is 2.24. The minimum absolute atomic E-state index is 0.115. The molecule has 0 aliphatic carbocycles. The molecule has 1 saturated heterocycles. The van der Waals surface area contributed by atoms with E-state index in [9.17, 15) is 28.7 Å². The van der Waals surface area contributed by atoms with Gasteiger partial charge in [-0.3, -0.25) is 19.4 Å². The van der Waals surface area contributed by atoms with Gasteiger partial charge < -0.3 is 32.1 Å². The summed E-state index contributed by atoms with van der Waals surface area (Å²) < 4.78 is 13.0. The number of carbonyl (C=O) groups excluding carboxylic acids is 3. The maximum Gasteiger partial charge on any atom is 0.405 e. The number of nitrogens with two attached hydrogens (primary N) is 2. The van der Waals surface area contributed by atoms with E-state index in [0.717, 1.165) is 0 Å². The third-order valence-electron chi connectivity index (χ3n) is 5.27. The molecule has 2 rings (SSSR count). The number of aliphatic imine (C=N–C) groups is 1. The highest BCUT2D eigenvalue weighted by molar-refractivity contribution is 5.95. The molecule has 0 aromatic heterocycles. The van der Waals surface area contributed by atoms with Crippen LogP contribution in [-0.4, -0.2) is 71.5 Å². The lowest BCUT2D eigenvalue weighted by molar-refractivity contribution is -0.140. The summed E-state index contributed by atoms with van der Waals surface area (Å²) in [5.74, 6) is -2.09. The molecule has 1 aromatic carbocycles. The Morgan fingerprint density at radius 1 is 1.18 bits per heavy atom. The Bertz CT molecular complexity index is 877. The van der Waals surface area contributed by atoms with E-state index >= 15 is 0 Å². The Balaban J connectivity index is 2.13. The fourth-order valence-corrected chi connectivity index (χ4v) is 3.70. The zero-order valence-corrected chi connectivity index (χ0v) is 18.1. The van der Waals surface area contributed by atoms with Crippen LogP contribution in [0.1, 0.15) is 37.3 Å². The van der Waals surface area contributed by atoms with Crippen LogP contribution in [0.5, 0.6) is 0 Å². The van der Waals surface area contributed by atoms with Gasteiger partial charge in [0.25, 0.3) is 5.91 Å². The van der Waals surface area contributed by atoms with Gasteiger partial charge in [0.05, 0.1) is 6.04 Å². The zero-order valence-electron chi connectivity index (χ0n) is 18.1. The molecule has 1 fully saturated rings. The van der Waals surface area contributed by atoms with Crippen LogP contribution in [0.2, 0.25) is 0 Å². The number of hydrogen-bond acceptors (Lipinski definition) is 5. The van der Waals surface area contributed by atoms with Crippen molar-refractivity contribution in [2.45, 2.75) is 43.8 Å². The average Bonchev–Trinajstić information content (AvgIpc) is 3.29. The Hall–Kier alpha value is -3.70. The summed E-state index contributed by atoms with van der Waals surface area (Å²) in [4.78, 5) is 54.5. The predicted octanol–water partition coefficient (Wildman–Crippen LogP) is 0.0633. The lowest BCUT2D eigenvalue weighted by Gasteiger charge is -2.29. The van der Waals surface area contributed by atoms with Crippen LogP contribution in [0.4, 0.5) is 9.18 Å². The minimum Gasteiger partial charge on any atom is -0.465 e. The Morgan fingerprint density at radius 2 is 1.88 bits per heavy atom. The first-order valence-electron chi connectivity index (χ1n) is 10.5. The summed E-state index contributed by atoms with van der Waals surface area (Å²) in [7, 11) is 0. The molecule has 0 radical (unpaired) electrons. The van der Waals surface area contributed by atoms with E-state index in [4.69, 9.17) is 11.5 Å². The van der Waals surface area contributed by atoms with Crippen LogP contribution in [-0.2, 0) is 14.4 Å². The van der Waals surface area contributed by atoms with E-state index in [1.807, 2.05) is 0 Å². The second-order valence-corrected chi connectivity index (χ2v) is 7.59. The lowest BCUT2D eigenvalue weighted by Crippen LogP contribution is -2.53. The van der Waals surface area contributed by atoms with Crippen LogP contribution < -0.4 is 22.1 Å². The van der Waals surface area contributed by atoms with Crippen molar-refractivity contribution in [1.29, 1.82) is 0 Å². The van der Waals surface area contributed by atoms with E-state index in [1.54, 1.807) is 30.3 Å². The van der Waals surface area contributed by atoms with Crippen LogP contribution in [0, 0.1) is 0 Å². The maximum absolute atomic E-state index is 13.2. The van der Waals surface area contributed by atoms with Crippen LogP contribution >= 0.6 is 0 Å². The van der Waals surface area contributed by atoms with Gasteiger partial charge in [0.15, 0.2) is 11.7 Å². The smallest absolute Gasteiger partial charge is 0.405 e. The molecule has 1 heterocycles. The topological polar surface area (TPSA) is 180 Å². The van der Waals surface area contributed by atoms with Gasteiger partial charge in [0.2, 0.25) is 5.91 Å². The number of carboxylic acid groups (broad SMARTS) is 1. The summed E-state index contributed by atoms with van der Waals surface area (Å²) in [6, 6.07) is 5.09. The molecule has 1 aliphatic heterocycles. The van der Waals surface area contributed by atoms with Crippen molar-refractivity contribution in [3.63, 3.8) is 0 Å². The second kappa shape index (κ2) is 12.4. The van der Waals surface area contributed by atoms with Gasteiger partial charge in [-0.05, 0) is 31.2 Å². The lowest BCUT2D eigenvalue weighted by atomic mass is 10.0. The van der Waals surface area contributed by atoms with Crippen LogP contribution in [0.15, 0.2) is 35.3 Å². The fourth-order valence-electron chi connectivity index (χ4n) is 3.70. The number of ketones is 1. The molecule has 0 bridgehead atoms. The molecule has 3 atom stereocenters. The molecule has 1 aliphatic rings. The van der Waals surface area contributed by atoms with Gasteiger partial charge >= 0.3 is 6.09 Å². The van der Waals surface area contributed by atoms with E-state index in [0.29, 0.717) is 24.8 Å². The fraction of sp³-hybridized carbons (Fsp3) is 0.476. The largest absolute Gasteiger partial charge is 0.465 e.